The third-order valence-corrected chi connectivity index (χ3v) is 8.00. The average molecular weight is 547 g/mol. The van der Waals surface area contributed by atoms with Crippen LogP contribution in [0, 0.1) is 0 Å². The maximum atomic E-state index is 13.9. The highest BCUT2D eigenvalue weighted by Gasteiger charge is 2.43. The first-order valence-electron chi connectivity index (χ1n) is 14.1. The quantitative estimate of drug-likeness (QED) is 0.347. The fourth-order valence-corrected chi connectivity index (χ4v) is 5.33. The normalized spacial score (nSPS) is 25.6. The second-order valence-electron chi connectivity index (χ2n) is 10.8. The molecular weight excluding hydrogens is 508 g/mol. The summed E-state index contributed by atoms with van der Waals surface area (Å²) in [6.45, 7) is 3.79. The molecule has 2 heterocycles. The van der Waals surface area contributed by atoms with Gasteiger partial charge in [-0.2, -0.15) is 0 Å². The van der Waals surface area contributed by atoms with Gasteiger partial charge in [-0.1, -0.05) is 61.5 Å². The maximum Gasteiger partial charge on any atom is 0.246 e. The Hall–Kier alpha value is -4.01. The van der Waals surface area contributed by atoms with Crippen molar-refractivity contribution >= 4 is 29.9 Å². The van der Waals surface area contributed by atoms with E-state index in [1.54, 1.807) is 13.8 Å². The van der Waals surface area contributed by atoms with E-state index in [-0.39, 0.29) is 31.6 Å². The molecule has 3 N–H and O–H groups in total. The number of nitrogens with zero attached hydrogens (tertiary/aromatic N) is 1. The van der Waals surface area contributed by atoms with Crippen LogP contribution in [0.2, 0.25) is 0 Å². The van der Waals surface area contributed by atoms with E-state index in [0.29, 0.717) is 25.8 Å². The molecule has 4 rings (SSSR count). The monoisotopic (exact) mass is 546 g/mol. The van der Waals surface area contributed by atoms with E-state index in [4.69, 9.17) is 0 Å². The van der Waals surface area contributed by atoms with E-state index < -0.39 is 41.4 Å². The first-order valence-corrected chi connectivity index (χ1v) is 14.1. The molecule has 2 fully saturated rings. The highest BCUT2D eigenvalue weighted by atomic mass is 16.2. The molecule has 0 bridgehead atoms. The molecule has 4 amide bonds. The number of hydrogen-bond donors (Lipinski definition) is 3. The molecule has 0 spiro atoms. The largest absolute Gasteiger partial charge is 0.343 e. The van der Waals surface area contributed by atoms with Crippen LogP contribution in [0.1, 0.15) is 57.9 Å². The summed E-state index contributed by atoms with van der Waals surface area (Å²) in [7, 11) is 0. The molecule has 0 unspecified atom stereocenters. The van der Waals surface area contributed by atoms with Gasteiger partial charge in [0.2, 0.25) is 23.6 Å². The van der Waals surface area contributed by atoms with Crippen LogP contribution in [0.25, 0.3) is 11.1 Å². The summed E-state index contributed by atoms with van der Waals surface area (Å²) in [5.74, 6) is -1.66. The van der Waals surface area contributed by atoms with Crippen LogP contribution in [-0.2, 0) is 30.4 Å². The van der Waals surface area contributed by atoms with Crippen molar-refractivity contribution in [2.24, 2.45) is 0 Å². The van der Waals surface area contributed by atoms with Crippen molar-refractivity contribution in [2.75, 3.05) is 6.54 Å². The molecule has 2 aliphatic rings. The first kappa shape index (κ1) is 29.0. The molecule has 9 heteroatoms. The molecule has 2 saturated heterocycles. The van der Waals surface area contributed by atoms with E-state index in [2.05, 4.69) is 16.0 Å². The molecule has 0 aromatic heterocycles. The highest BCUT2D eigenvalue weighted by Crippen LogP contribution is 2.23. The Bertz CT molecular complexity index is 1230. The smallest absolute Gasteiger partial charge is 0.246 e. The zero-order valence-corrected chi connectivity index (χ0v) is 23.2. The van der Waals surface area contributed by atoms with Crippen molar-refractivity contribution in [2.45, 2.75) is 82.5 Å². The van der Waals surface area contributed by atoms with Crippen molar-refractivity contribution in [1.82, 2.24) is 20.9 Å². The number of aldehydes is 1. The number of benzene rings is 2. The van der Waals surface area contributed by atoms with Crippen LogP contribution < -0.4 is 16.0 Å². The zero-order valence-electron chi connectivity index (χ0n) is 23.2. The van der Waals surface area contributed by atoms with E-state index in [0.717, 1.165) is 23.0 Å². The number of unbranched alkanes of at least 4 members (excludes halogenated alkanes) is 1. The molecular formula is C31H38N4O5. The number of carbonyl (C=O) groups excluding carboxylic acids is 5. The molecule has 0 radical (unpaired) electrons. The topological polar surface area (TPSA) is 125 Å². The lowest BCUT2D eigenvalue weighted by Gasteiger charge is -2.35. The molecule has 4 atom stereocenters. The average Bonchev–Trinajstić information content (AvgIpc) is 3.46. The van der Waals surface area contributed by atoms with E-state index in [9.17, 15) is 24.0 Å². The van der Waals surface area contributed by atoms with Crippen molar-refractivity contribution in [1.29, 1.82) is 0 Å². The summed E-state index contributed by atoms with van der Waals surface area (Å²) in [4.78, 5) is 66.5. The third kappa shape index (κ3) is 6.58. The van der Waals surface area contributed by atoms with E-state index in [1.807, 2.05) is 54.6 Å². The summed E-state index contributed by atoms with van der Waals surface area (Å²) >= 11 is 0. The Morgan fingerprint density at radius 1 is 0.925 bits per heavy atom. The molecule has 2 aromatic carbocycles. The Morgan fingerprint density at radius 2 is 1.62 bits per heavy atom. The van der Waals surface area contributed by atoms with Crippen LogP contribution in [0.3, 0.4) is 0 Å². The van der Waals surface area contributed by atoms with Crippen molar-refractivity contribution in [3.63, 3.8) is 0 Å². The van der Waals surface area contributed by atoms with Gasteiger partial charge in [-0.15, -0.1) is 0 Å². The minimum absolute atomic E-state index is 0.243. The highest BCUT2D eigenvalue weighted by molar-refractivity contribution is 5.99. The number of fused-ring (bicyclic) bond motifs is 1. The fraction of sp³-hybridized carbons (Fsp3) is 0.452. The molecule has 0 saturated carbocycles. The van der Waals surface area contributed by atoms with Gasteiger partial charge in [-0.3, -0.25) is 19.2 Å². The van der Waals surface area contributed by atoms with Gasteiger partial charge >= 0.3 is 0 Å². The van der Waals surface area contributed by atoms with Gasteiger partial charge in [0, 0.05) is 19.4 Å². The summed E-state index contributed by atoms with van der Waals surface area (Å²) in [6, 6.07) is 15.3. The third-order valence-electron chi connectivity index (χ3n) is 8.00. The van der Waals surface area contributed by atoms with Gasteiger partial charge in [0.1, 0.15) is 30.0 Å². The molecule has 40 heavy (non-hydrogen) atoms. The lowest BCUT2D eigenvalue weighted by Crippen LogP contribution is -2.65. The predicted octanol–water partition coefficient (Wildman–Crippen LogP) is 2.52. The van der Waals surface area contributed by atoms with Gasteiger partial charge in [-0.25, -0.2) is 0 Å². The number of amides is 4. The molecule has 2 aromatic rings. The predicted molar refractivity (Wildman–Crippen MR) is 151 cm³/mol. The maximum absolute atomic E-state index is 13.9. The Balaban J connectivity index is 1.62. The number of hydrogen-bond acceptors (Lipinski definition) is 5. The van der Waals surface area contributed by atoms with Gasteiger partial charge in [0.25, 0.3) is 0 Å². The Labute approximate surface area is 235 Å². The van der Waals surface area contributed by atoms with Crippen LogP contribution in [0.4, 0.5) is 0 Å². The standard InChI is InChI=1S/C31H38N4O5/c1-3-31(2)30(40)33-25(20-21-14-16-23(17-15-21)22-10-5-4-6-11-22)29(39)35-18-9-13-26(35)28(38)32-24(27(37)34-31)12-7-8-19-36/h4-6,10-11,14-17,19,24-26H,3,7-9,12-13,18,20H2,1-2H3,(H,32,38)(H,33,40)(H,34,37)/t24-,25-,26+,31-/m0/s1. The lowest BCUT2D eigenvalue weighted by atomic mass is 9.94. The van der Waals surface area contributed by atoms with Crippen molar-refractivity contribution < 1.29 is 24.0 Å². The number of nitrogens with one attached hydrogen (secondary N) is 3. The van der Waals surface area contributed by atoms with Gasteiger partial charge < -0.3 is 25.6 Å². The Kier molecular flexibility index (Phi) is 9.34. The lowest BCUT2D eigenvalue weighted by molar-refractivity contribution is -0.144. The van der Waals surface area contributed by atoms with Crippen LogP contribution in [-0.4, -0.2) is 65.0 Å². The molecule has 212 valence electrons. The second-order valence-corrected chi connectivity index (χ2v) is 10.8. The van der Waals surface area contributed by atoms with Gasteiger partial charge in [-0.05, 0) is 55.7 Å². The SMILES string of the molecule is CC[C@]1(C)NC(=O)[C@H](CCCC=O)NC(=O)[C@H]2CCCN2C(=O)[C@H](Cc2ccc(-c3ccccc3)cc2)NC1=O. The van der Waals surface area contributed by atoms with Gasteiger partial charge in [0.05, 0.1) is 0 Å². The minimum atomic E-state index is -1.30. The van der Waals surface area contributed by atoms with Crippen molar-refractivity contribution in [3.05, 3.63) is 60.2 Å². The number of carbonyl (C=O) groups is 5. The fourth-order valence-electron chi connectivity index (χ4n) is 5.33. The summed E-state index contributed by atoms with van der Waals surface area (Å²) in [5.41, 5.74) is 1.68. The Morgan fingerprint density at radius 3 is 2.30 bits per heavy atom. The second kappa shape index (κ2) is 12.9. The van der Waals surface area contributed by atoms with Crippen LogP contribution >= 0.6 is 0 Å². The van der Waals surface area contributed by atoms with E-state index >= 15 is 0 Å². The van der Waals surface area contributed by atoms with E-state index in [1.165, 1.54) is 4.90 Å². The van der Waals surface area contributed by atoms with Crippen LogP contribution in [0.15, 0.2) is 54.6 Å². The van der Waals surface area contributed by atoms with Crippen LogP contribution in [0.5, 0.6) is 0 Å². The summed E-state index contributed by atoms with van der Waals surface area (Å²) < 4.78 is 0. The molecule has 9 nitrogen and oxygen atoms in total. The van der Waals surface area contributed by atoms with Crippen molar-refractivity contribution in [3.8, 4) is 11.1 Å². The summed E-state index contributed by atoms with van der Waals surface area (Å²) in [5, 5.41) is 8.53. The van der Waals surface area contributed by atoms with Gasteiger partial charge in [0.15, 0.2) is 0 Å². The molecule has 2 aliphatic heterocycles. The summed E-state index contributed by atoms with van der Waals surface area (Å²) in [6.07, 6.45) is 3.32. The first-order chi connectivity index (χ1) is 19.3. The molecule has 0 aliphatic carbocycles. The minimum Gasteiger partial charge on any atom is -0.343 e. The zero-order chi connectivity index (χ0) is 28.7. The number of rotatable bonds is 8.